The normalized spacial score (nSPS) is 10.8. The highest BCUT2D eigenvalue weighted by Gasteiger charge is 2.13. The molecule has 31 heavy (non-hydrogen) atoms. The number of para-hydroxylation sites is 1. The lowest BCUT2D eigenvalue weighted by molar-refractivity contribution is -0.116. The van der Waals surface area contributed by atoms with Crippen molar-refractivity contribution in [2.45, 2.75) is 13.1 Å². The number of carbonyl (C=O) groups is 1. The summed E-state index contributed by atoms with van der Waals surface area (Å²) in [7, 11) is 0. The molecule has 0 unspecified atom stereocenters. The number of aromatic nitrogens is 2. The van der Waals surface area contributed by atoms with Gasteiger partial charge in [-0.15, -0.1) is 0 Å². The van der Waals surface area contributed by atoms with Crippen LogP contribution >= 0.6 is 0 Å². The van der Waals surface area contributed by atoms with E-state index in [2.05, 4.69) is 15.6 Å². The van der Waals surface area contributed by atoms with Crippen molar-refractivity contribution >= 4 is 28.3 Å². The Labute approximate surface area is 176 Å². The predicted octanol–water partition coefficient (Wildman–Crippen LogP) is 3.93. The highest BCUT2D eigenvalue weighted by Crippen LogP contribution is 2.20. The van der Waals surface area contributed by atoms with Gasteiger partial charge in [0, 0.05) is 17.6 Å². The van der Waals surface area contributed by atoms with Gasteiger partial charge in [-0.3, -0.25) is 9.36 Å². The Kier molecular flexibility index (Phi) is 5.70. The SMILES string of the molecule is O=C(Cn1c(=O)nc(NCc2ccc(F)cc2)c2ccccc21)Nc1cccc(F)c1. The lowest BCUT2D eigenvalue weighted by atomic mass is 10.2. The summed E-state index contributed by atoms with van der Waals surface area (Å²) in [5, 5.41) is 6.33. The molecule has 0 radical (unpaired) electrons. The molecule has 1 heterocycles. The van der Waals surface area contributed by atoms with Crippen LogP contribution in [0.25, 0.3) is 10.9 Å². The second kappa shape index (κ2) is 8.74. The molecule has 1 aromatic heterocycles. The molecule has 0 aliphatic carbocycles. The maximum Gasteiger partial charge on any atom is 0.350 e. The molecular weight excluding hydrogens is 402 g/mol. The smallest absolute Gasteiger partial charge is 0.350 e. The van der Waals surface area contributed by atoms with E-state index in [4.69, 9.17) is 0 Å². The molecule has 0 aliphatic rings. The van der Waals surface area contributed by atoms with Gasteiger partial charge in [0.15, 0.2) is 0 Å². The molecule has 1 amide bonds. The van der Waals surface area contributed by atoms with Crippen LogP contribution in [-0.4, -0.2) is 15.5 Å². The van der Waals surface area contributed by atoms with Gasteiger partial charge in [-0.1, -0.05) is 30.3 Å². The quantitative estimate of drug-likeness (QED) is 0.496. The van der Waals surface area contributed by atoms with E-state index < -0.39 is 17.4 Å². The van der Waals surface area contributed by atoms with Crippen LogP contribution in [-0.2, 0) is 17.9 Å². The van der Waals surface area contributed by atoms with Gasteiger partial charge < -0.3 is 10.6 Å². The number of rotatable bonds is 6. The Morgan fingerprint density at radius 1 is 0.935 bits per heavy atom. The third kappa shape index (κ3) is 4.75. The van der Waals surface area contributed by atoms with Crippen molar-refractivity contribution < 1.29 is 13.6 Å². The molecule has 0 atom stereocenters. The number of carbonyl (C=O) groups excluding carboxylic acids is 1. The van der Waals surface area contributed by atoms with Crippen LogP contribution in [0.4, 0.5) is 20.3 Å². The zero-order valence-corrected chi connectivity index (χ0v) is 16.3. The number of fused-ring (bicyclic) bond motifs is 1. The molecule has 0 saturated carbocycles. The standard InChI is InChI=1S/C23H18F2N4O2/c24-16-10-8-15(9-11-16)13-26-22-19-6-1-2-7-20(19)29(23(31)28-22)14-21(30)27-18-5-3-4-17(25)12-18/h1-12H,13-14H2,(H,27,30)(H,26,28,31). The Hall–Kier alpha value is -4.07. The third-order valence-electron chi connectivity index (χ3n) is 4.67. The van der Waals surface area contributed by atoms with Gasteiger partial charge in [-0.05, 0) is 48.0 Å². The van der Waals surface area contributed by atoms with Crippen LogP contribution in [0.2, 0.25) is 0 Å². The van der Waals surface area contributed by atoms with E-state index in [-0.39, 0.29) is 12.4 Å². The van der Waals surface area contributed by atoms with Crippen LogP contribution in [0.1, 0.15) is 5.56 Å². The average molecular weight is 420 g/mol. The number of amides is 1. The van der Waals surface area contributed by atoms with Crippen LogP contribution in [0.15, 0.2) is 77.6 Å². The lowest BCUT2D eigenvalue weighted by Crippen LogP contribution is -2.30. The first-order valence-corrected chi connectivity index (χ1v) is 9.53. The molecule has 2 N–H and O–H groups in total. The van der Waals surface area contributed by atoms with Crippen molar-refractivity contribution in [3.8, 4) is 0 Å². The van der Waals surface area contributed by atoms with Gasteiger partial charge in [0.05, 0.1) is 5.52 Å². The maximum atomic E-state index is 13.3. The minimum Gasteiger partial charge on any atom is -0.365 e. The topological polar surface area (TPSA) is 76.0 Å². The van der Waals surface area contributed by atoms with E-state index in [1.54, 1.807) is 42.5 Å². The molecule has 0 saturated heterocycles. The number of nitrogens with one attached hydrogen (secondary N) is 2. The summed E-state index contributed by atoms with van der Waals surface area (Å²) >= 11 is 0. The summed E-state index contributed by atoms with van der Waals surface area (Å²) in [4.78, 5) is 29.2. The number of hydrogen-bond acceptors (Lipinski definition) is 4. The molecular formula is C23H18F2N4O2. The second-order valence-corrected chi connectivity index (χ2v) is 6.88. The van der Waals surface area contributed by atoms with Crippen LogP contribution < -0.4 is 16.3 Å². The van der Waals surface area contributed by atoms with Gasteiger partial charge in [-0.2, -0.15) is 4.98 Å². The van der Waals surface area contributed by atoms with Crippen LogP contribution in [0.3, 0.4) is 0 Å². The average Bonchev–Trinajstić information content (AvgIpc) is 2.75. The van der Waals surface area contributed by atoms with Gasteiger partial charge in [-0.25, -0.2) is 13.6 Å². The molecule has 0 spiro atoms. The summed E-state index contributed by atoms with van der Waals surface area (Å²) in [6.07, 6.45) is 0. The fraction of sp³-hybridized carbons (Fsp3) is 0.0870. The Morgan fingerprint density at radius 3 is 2.48 bits per heavy atom. The van der Waals surface area contributed by atoms with Crippen molar-refractivity contribution in [3.05, 3.63) is 100 Å². The second-order valence-electron chi connectivity index (χ2n) is 6.88. The fourth-order valence-corrected chi connectivity index (χ4v) is 3.21. The van der Waals surface area contributed by atoms with Gasteiger partial charge in [0.25, 0.3) is 0 Å². The summed E-state index contributed by atoms with van der Waals surface area (Å²) in [6, 6.07) is 18.6. The first kappa shape index (κ1) is 20.2. The molecule has 6 nitrogen and oxygen atoms in total. The third-order valence-corrected chi connectivity index (χ3v) is 4.67. The number of hydrogen-bond donors (Lipinski definition) is 2. The first-order chi connectivity index (χ1) is 15.0. The summed E-state index contributed by atoms with van der Waals surface area (Å²) < 4.78 is 27.7. The van der Waals surface area contributed by atoms with Crippen LogP contribution in [0.5, 0.6) is 0 Å². The zero-order chi connectivity index (χ0) is 21.8. The number of anilines is 2. The largest absolute Gasteiger partial charge is 0.365 e. The number of benzene rings is 3. The molecule has 8 heteroatoms. The van der Waals surface area contributed by atoms with E-state index in [1.807, 2.05) is 0 Å². The molecule has 4 rings (SSSR count). The van der Waals surface area contributed by atoms with Crippen molar-refractivity contribution in [3.63, 3.8) is 0 Å². The highest BCUT2D eigenvalue weighted by atomic mass is 19.1. The molecule has 4 aromatic rings. The monoisotopic (exact) mass is 420 g/mol. The van der Waals surface area contributed by atoms with E-state index in [1.165, 1.54) is 34.9 Å². The zero-order valence-electron chi connectivity index (χ0n) is 16.3. The van der Waals surface area contributed by atoms with E-state index in [9.17, 15) is 18.4 Å². The van der Waals surface area contributed by atoms with E-state index in [0.29, 0.717) is 29.0 Å². The maximum absolute atomic E-state index is 13.3. The molecule has 3 aromatic carbocycles. The molecule has 156 valence electrons. The summed E-state index contributed by atoms with van der Waals surface area (Å²) in [5.41, 5.74) is 1.05. The number of nitrogens with zero attached hydrogens (tertiary/aromatic N) is 2. The van der Waals surface area contributed by atoms with E-state index >= 15 is 0 Å². The Balaban J connectivity index is 1.59. The molecule has 0 fully saturated rings. The first-order valence-electron chi connectivity index (χ1n) is 9.53. The predicted molar refractivity (Wildman–Crippen MR) is 115 cm³/mol. The highest BCUT2D eigenvalue weighted by molar-refractivity contribution is 5.93. The molecule has 0 bridgehead atoms. The van der Waals surface area contributed by atoms with Gasteiger partial charge in [0.1, 0.15) is 24.0 Å². The van der Waals surface area contributed by atoms with Crippen molar-refractivity contribution in [1.82, 2.24) is 9.55 Å². The molecule has 0 aliphatic heterocycles. The van der Waals surface area contributed by atoms with Crippen molar-refractivity contribution in [2.75, 3.05) is 10.6 Å². The Morgan fingerprint density at radius 2 is 1.71 bits per heavy atom. The summed E-state index contributed by atoms with van der Waals surface area (Å²) in [6.45, 7) is 0.0713. The van der Waals surface area contributed by atoms with Crippen molar-refractivity contribution in [1.29, 1.82) is 0 Å². The lowest BCUT2D eigenvalue weighted by Gasteiger charge is -2.14. The minimum atomic E-state index is -0.602. The van der Waals surface area contributed by atoms with Gasteiger partial charge >= 0.3 is 5.69 Å². The van der Waals surface area contributed by atoms with E-state index in [0.717, 1.165) is 5.56 Å². The van der Waals surface area contributed by atoms with Crippen LogP contribution in [0, 0.1) is 11.6 Å². The minimum absolute atomic E-state index is 0.277. The van der Waals surface area contributed by atoms with Crippen molar-refractivity contribution in [2.24, 2.45) is 0 Å². The number of halogens is 2. The fourth-order valence-electron chi connectivity index (χ4n) is 3.21. The Bertz CT molecular complexity index is 1300. The van der Waals surface area contributed by atoms with Gasteiger partial charge in [0.2, 0.25) is 5.91 Å². The summed E-state index contributed by atoms with van der Waals surface area (Å²) in [5.74, 6) is -0.913.